The van der Waals surface area contributed by atoms with E-state index in [0.717, 1.165) is 17.1 Å². The van der Waals surface area contributed by atoms with Gasteiger partial charge in [-0.25, -0.2) is 0 Å². The van der Waals surface area contributed by atoms with Gasteiger partial charge in [0.15, 0.2) is 10.9 Å². The number of rotatable bonds is 10. The standard InChI is InChI=1S/C24H30ClN5O2S/c1-14(2)13-29-22(11-10-21(26)31)27-28-24(29)33-17(5)23(32)20-12-15(3)30(16(20)4)19-8-6-18(25)7-9-19/h6-9,12,14,17H,10-11,13H2,1-5H3,(H2,26,31)/t17-/m0/s1. The quantitative estimate of drug-likeness (QED) is 0.328. The largest absolute Gasteiger partial charge is 0.370 e. The fraction of sp³-hybridized carbons (Fsp3) is 0.417. The van der Waals surface area contributed by atoms with Crippen LogP contribution in [-0.2, 0) is 17.8 Å². The first-order chi connectivity index (χ1) is 15.6. The van der Waals surface area contributed by atoms with Gasteiger partial charge in [0.05, 0.1) is 5.25 Å². The highest BCUT2D eigenvalue weighted by atomic mass is 35.5. The van der Waals surface area contributed by atoms with Crippen LogP contribution >= 0.6 is 23.4 Å². The summed E-state index contributed by atoms with van der Waals surface area (Å²) >= 11 is 7.42. The number of primary amides is 1. The third-order valence-electron chi connectivity index (χ3n) is 5.37. The molecule has 0 fully saturated rings. The van der Waals surface area contributed by atoms with Gasteiger partial charge in [0.1, 0.15) is 5.82 Å². The lowest BCUT2D eigenvalue weighted by molar-refractivity contribution is -0.118. The van der Waals surface area contributed by atoms with Crippen LogP contribution in [0.15, 0.2) is 35.5 Å². The van der Waals surface area contributed by atoms with Crippen molar-refractivity contribution in [2.75, 3.05) is 0 Å². The number of halogens is 1. The Hall–Kier alpha value is -2.58. The Morgan fingerprint density at radius 3 is 2.39 bits per heavy atom. The maximum Gasteiger partial charge on any atom is 0.217 e. The second kappa shape index (κ2) is 10.6. The molecule has 33 heavy (non-hydrogen) atoms. The molecule has 1 aromatic carbocycles. The van der Waals surface area contributed by atoms with Crippen LogP contribution in [0.3, 0.4) is 0 Å². The Kier molecular flexibility index (Phi) is 8.02. The number of Topliss-reactive ketones (excluding diaryl/α,β-unsaturated/α-hetero) is 1. The lowest BCUT2D eigenvalue weighted by Crippen LogP contribution is -2.18. The first kappa shape index (κ1) is 25.1. The second-order valence-corrected chi connectivity index (χ2v) is 10.3. The summed E-state index contributed by atoms with van der Waals surface area (Å²) in [5.74, 6) is 0.733. The SMILES string of the molecule is Cc1cc(C(=O)[C@H](C)Sc2nnc(CCC(N)=O)n2CC(C)C)c(C)n1-c1ccc(Cl)cc1. The summed E-state index contributed by atoms with van der Waals surface area (Å²) in [5, 5.41) is 9.57. The van der Waals surface area contributed by atoms with Crippen molar-refractivity contribution in [1.82, 2.24) is 19.3 Å². The number of benzene rings is 1. The van der Waals surface area contributed by atoms with Crippen LogP contribution < -0.4 is 5.73 Å². The number of amides is 1. The molecule has 0 bridgehead atoms. The van der Waals surface area contributed by atoms with Gasteiger partial charge in [-0.15, -0.1) is 10.2 Å². The van der Waals surface area contributed by atoms with Crippen LogP contribution in [0.5, 0.6) is 0 Å². The predicted molar refractivity (Wildman–Crippen MR) is 132 cm³/mol. The number of hydrogen-bond acceptors (Lipinski definition) is 5. The molecule has 0 saturated heterocycles. The van der Waals surface area contributed by atoms with Crippen LogP contribution in [0.25, 0.3) is 5.69 Å². The Morgan fingerprint density at radius 1 is 1.12 bits per heavy atom. The van der Waals surface area contributed by atoms with Gasteiger partial charge in [-0.2, -0.15) is 0 Å². The van der Waals surface area contributed by atoms with Gasteiger partial charge in [-0.3, -0.25) is 9.59 Å². The average molecular weight is 488 g/mol. The van der Waals surface area contributed by atoms with Crippen molar-refractivity contribution in [2.24, 2.45) is 11.7 Å². The summed E-state index contributed by atoms with van der Waals surface area (Å²) in [6.45, 7) is 10.7. The van der Waals surface area contributed by atoms with E-state index in [4.69, 9.17) is 17.3 Å². The summed E-state index contributed by atoms with van der Waals surface area (Å²) < 4.78 is 4.06. The van der Waals surface area contributed by atoms with E-state index < -0.39 is 0 Å². The number of aryl methyl sites for hydroxylation is 2. The average Bonchev–Trinajstić information content (AvgIpc) is 3.26. The van der Waals surface area contributed by atoms with E-state index in [9.17, 15) is 9.59 Å². The summed E-state index contributed by atoms with van der Waals surface area (Å²) in [6.07, 6.45) is 0.645. The first-order valence-corrected chi connectivity index (χ1v) is 12.2. The molecular weight excluding hydrogens is 458 g/mol. The number of aromatic nitrogens is 4. The highest BCUT2D eigenvalue weighted by Gasteiger charge is 2.25. The predicted octanol–water partition coefficient (Wildman–Crippen LogP) is 4.78. The van der Waals surface area contributed by atoms with Gasteiger partial charge in [0, 0.05) is 47.0 Å². The minimum atomic E-state index is -0.372. The van der Waals surface area contributed by atoms with Gasteiger partial charge in [-0.1, -0.05) is 37.2 Å². The van der Waals surface area contributed by atoms with E-state index in [2.05, 4.69) is 28.6 Å². The monoisotopic (exact) mass is 487 g/mol. The van der Waals surface area contributed by atoms with E-state index in [-0.39, 0.29) is 23.4 Å². The molecule has 0 unspecified atom stereocenters. The zero-order valence-electron chi connectivity index (χ0n) is 19.6. The number of nitrogens with zero attached hydrogens (tertiary/aromatic N) is 4. The number of ketones is 1. The van der Waals surface area contributed by atoms with Crippen molar-refractivity contribution in [3.8, 4) is 5.69 Å². The highest BCUT2D eigenvalue weighted by Crippen LogP contribution is 2.29. The molecule has 0 spiro atoms. The van der Waals surface area contributed by atoms with Gasteiger partial charge >= 0.3 is 0 Å². The lowest BCUT2D eigenvalue weighted by atomic mass is 10.1. The number of nitrogens with two attached hydrogens (primary N) is 1. The molecule has 0 aliphatic rings. The molecule has 1 atom stereocenters. The molecule has 0 saturated carbocycles. The Morgan fingerprint density at radius 2 is 1.79 bits per heavy atom. The van der Waals surface area contributed by atoms with Crippen LogP contribution in [0, 0.1) is 19.8 Å². The summed E-state index contributed by atoms with van der Waals surface area (Å²) in [6, 6.07) is 9.49. The molecule has 1 amide bonds. The van der Waals surface area contributed by atoms with E-state index in [1.165, 1.54) is 11.8 Å². The topological polar surface area (TPSA) is 95.8 Å². The smallest absolute Gasteiger partial charge is 0.217 e. The molecule has 2 aromatic heterocycles. The molecule has 2 N–H and O–H groups in total. The van der Waals surface area contributed by atoms with E-state index in [1.54, 1.807) is 0 Å². The Labute approximate surface area is 203 Å². The minimum absolute atomic E-state index is 0.0334. The highest BCUT2D eigenvalue weighted by molar-refractivity contribution is 8.00. The number of thioether (sulfide) groups is 1. The molecular formula is C24H30ClN5O2S. The van der Waals surface area contributed by atoms with Crippen molar-refractivity contribution in [1.29, 1.82) is 0 Å². The van der Waals surface area contributed by atoms with Gasteiger partial charge < -0.3 is 14.9 Å². The molecule has 0 aliphatic heterocycles. The lowest BCUT2D eigenvalue weighted by Gasteiger charge is -2.15. The Bertz CT molecular complexity index is 1150. The fourth-order valence-corrected chi connectivity index (χ4v) is 4.88. The van der Waals surface area contributed by atoms with Crippen LogP contribution in [0.2, 0.25) is 5.02 Å². The van der Waals surface area contributed by atoms with Crippen LogP contribution in [0.1, 0.15) is 54.8 Å². The summed E-state index contributed by atoms with van der Waals surface area (Å²) in [4.78, 5) is 24.6. The molecule has 0 radical (unpaired) electrons. The van der Waals surface area contributed by atoms with Crippen molar-refractivity contribution in [3.05, 3.63) is 58.1 Å². The van der Waals surface area contributed by atoms with Crippen molar-refractivity contribution >= 4 is 35.1 Å². The molecule has 0 aliphatic carbocycles. The van der Waals surface area contributed by atoms with Crippen molar-refractivity contribution in [2.45, 2.75) is 64.4 Å². The summed E-state index contributed by atoms with van der Waals surface area (Å²) in [5.41, 5.74) is 8.82. The molecule has 3 rings (SSSR count). The van der Waals surface area contributed by atoms with Gasteiger partial charge in [0.25, 0.3) is 0 Å². The van der Waals surface area contributed by atoms with E-state index in [1.807, 2.05) is 55.7 Å². The van der Waals surface area contributed by atoms with Crippen molar-refractivity contribution in [3.63, 3.8) is 0 Å². The second-order valence-electron chi connectivity index (χ2n) is 8.59. The van der Waals surface area contributed by atoms with Crippen LogP contribution in [-0.4, -0.2) is 36.3 Å². The number of carbonyl (C=O) groups excluding carboxylic acids is 2. The van der Waals surface area contributed by atoms with E-state index in [0.29, 0.717) is 40.5 Å². The zero-order valence-corrected chi connectivity index (χ0v) is 21.2. The maximum absolute atomic E-state index is 13.4. The normalized spacial score (nSPS) is 12.3. The third kappa shape index (κ3) is 5.86. The Balaban J connectivity index is 1.84. The molecule has 7 nitrogen and oxygen atoms in total. The van der Waals surface area contributed by atoms with Crippen molar-refractivity contribution < 1.29 is 9.59 Å². The number of hydrogen-bond donors (Lipinski definition) is 1. The minimum Gasteiger partial charge on any atom is -0.370 e. The summed E-state index contributed by atoms with van der Waals surface area (Å²) in [7, 11) is 0. The maximum atomic E-state index is 13.4. The molecule has 9 heteroatoms. The first-order valence-electron chi connectivity index (χ1n) is 10.9. The van der Waals surface area contributed by atoms with E-state index >= 15 is 0 Å². The van der Waals surface area contributed by atoms with Gasteiger partial charge in [0.2, 0.25) is 5.91 Å². The van der Waals surface area contributed by atoms with Crippen LogP contribution in [0.4, 0.5) is 0 Å². The van der Waals surface area contributed by atoms with Gasteiger partial charge in [-0.05, 0) is 57.0 Å². The third-order valence-corrected chi connectivity index (χ3v) is 6.70. The molecule has 2 heterocycles. The zero-order chi connectivity index (χ0) is 24.3. The molecule has 176 valence electrons. The number of carbonyl (C=O) groups is 2. The fourth-order valence-electron chi connectivity index (χ4n) is 3.80. The molecule has 3 aromatic rings.